The van der Waals surface area contributed by atoms with Crippen LogP contribution < -0.4 is 0 Å². The zero-order valence-corrected chi connectivity index (χ0v) is 16.2. The van der Waals surface area contributed by atoms with Gasteiger partial charge in [-0.3, -0.25) is 0 Å². The molecular formula is C13H19I3. The molecule has 3 aliphatic rings. The van der Waals surface area contributed by atoms with Gasteiger partial charge in [-0.2, -0.15) is 0 Å². The van der Waals surface area contributed by atoms with Crippen LogP contribution in [0.25, 0.3) is 0 Å². The largest absolute Gasteiger partial charge is 0.0861 e. The molecule has 92 valence electrons. The van der Waals surface area contributed by atoms with Crippen molar-refractivity contribution in [2.24, 2.45) is 22.7 Å². The molecule has 0 amide bonds. The molecule has 3 heteroatoms. The summed E-state index contributed by atoms with van der Waals surface area (Å²) in [5.74, 6) is 2.09. The maximum absolute atomic E-state index is 2.87. The summed E-state index contributed by atoms with van der Waals surface area (Å²) in [6, 6.07) is 0. The third-order valence-corrected chi connectivity index (χ3v) is 10.6. The summed E-state index contributed by atoms with van der Waals surface area (Å²) in [6.07, 6.45) is 7.57. The lowest BCUT2D eigenvalue weighted by Gasteiger charge is -2.64. The van der Waals surface area contributed by atoms with Crippen molar-refractivity contribution in [3.63, 3.8) is 0 Å². The average Bonchev–Trinajstić information content (AvgIpc) is 2.64. The number of halogens is 3. The van der Waals surface area contributed by atoms with Crippen molar-refractivity contribution >= 4 is 67.8 Å². The Balaban J connectivity index is 2.09. The highest BCUT2D eigenvalue weighted by Crippen LogP contribution is 2.81. The quantitative estimate of drug-likeness (QED) is 0.323. The first-order chi connectivity index (χ1) is 7.54. The van der Waals surface area contributed by atoms with Crippen LogP contribution in [0.5, 0.6) is 0 Å². The Morgan fingerprint density at radius 3 is 2.56 bits per heavy atom. The van der Waals surface area contributed by atoms with Crippen molar-refractivity contribution < 1.29 is 0 Å². The highest BCUT2D eigenvalue weighted by atomic mass is 127. The molecule has 0 nitrogen and oxygen atoms in total. The minimum atomic E-state index is 0.643. The Morgan fingerprint density at radius 1 is 1.19 bits per heavy atom. The van der Waals surface area contributed by atoms with Crippen LogP contribution in [0.2, 0.25) is 0 Å². The number of rotatable bonds is 2. The van der Waals surface area contributed by atoms with E-state index in [9.17, 15) is 0 Å². The van der Waals surface area contributed by atoms with E-state index in [0.29, 0.717) is 8.84 Å². The van der Waals surface area contributed by atoms with Crippen LogP contribution in [0.1, 0.15) is 39.0 Å². The van der Waals surface area contributed by atoms with Gasteiger partial charge in [-0.05, 0) is 54.8 Å². The zero-order chi connectivity index (χ0) is 11.6. The van der Waals surface area contributed by atoms with Gasteiger partial charge in [0.25, 0.3) is 0 Å². The standard InChI is InChI=1S/C13H19I3/c1-11(8-15)4-2-9-6-12(16)5-3-10(7-14)13(9,11)12/h9-10H,2-8H2,1H3. The SMILES string of the molecule is CC1(CI)CCC2CC3(I)CCC(CI)C213. The van der Waals surface area contributed by atoms with Crippen LogP contribution >= 0.6 is 67.8 Å². The predicted octanol–water partition coefficient (Wildman–Crippen LogP) is 5.25. The van der Waals surface area contributed by atoms with E-state index in [1.54, 1.807) is 0 Å². The normalized spacial score (nSPS) is 59.2. The summed E-state index contributed by atoms with van der Waals surface area (Å²) in [5.41, 5.74) is 1.37. The summed E-state index contributed by atoms with van der Waals surface area (Å²) in [5, 5.41) is 0. The maximum Gasteiger partial charge on any atom is 0.0292 e. The second-order valence-corrected chi connectivity index (χ2v) is 10.1. The van der Waals surface area contributed by atoms with Crippen molar-refractivity contribution in [2.75, 3.05) is 8.86 Å². The molecule has 0 aromatic heterocycles. The van der Waals surface area contributed by atoms with Gasteiger partial charge in [-0.1, -0.05) is 74.7 Å². The van der Waals surface area contributed by atoms with E-state index in [1.807, 2.05) is 0 Å². The van der Waals surface area contributed by atoms with Crippen molar-refractivity contribution in [1.29, 1.82) is 0 Å². The van der Waals surface area contributed by atoms with E-state index < -0.39 is 0 Å². The van der Waals surface area contributed by atoms with Gasteiger partial charge in [0.15, 0.2) is 0 Å². The Kier molecular flexibility index (Phi) is 3.37. The van der Waals surface area contributed by atoms with Crippen LogP contribution in [-0.2, 0) is 0 Å². The fourth-order valence-electron chi connectivity index (χ4n) is 5.53. The van der Waals surface area contributed by atoms with E-state index in [4.69, 9.17) is 0 Å². The fraction of sp³-hybridized carbons (Fsp3) is 1.00. The molecule has 0 aromatic rings. The van der Waals surface area contributed by atoms with Crippen LogP contribution in [0.3, 0.4) is 0 Å². The summed E-state index contributed by atoms with van der Waals surface area (Å²) in [4.78, 5) is 0. The molecule has 3 rings (SSSR count). The zero-order valence-electron chi connectivity index (χ0n) is 9.74. The van der Waals surface area contributed by atoms with Crippen LogP contribution in [0, 0.1) is 22.7 Å². The van der Waals surface area contributed by atoms with Crippen molar-refractivity contribution in [3.05, 3.63) is 0 Å². The molecule has 1 spiro atoms. The second kappa shape index (κ2) is 4.09. The van der Waals surface area contributed by atoms with Gasteiger partial charge < -0.3 is 0 Å². The fourth-order valence-corrected chi connectivity index (χ4v) is 10.0. The van der Waals surface area contributed by atoms with Gasteiger partial charge in [0.2, 0.25) is 0 Å². The highest BCUT2D eigenvalue weighted by molar-refractivity contribution is 14.1. The lowest BCUT2D eigenvalue weighted by molar-refractivity contribution is -0.0693. The van der Waals surface area contributed by atoms with Gasteiger partial charge in [-0.25, -0.2) is 0 Å². The van der Waals surface area contributed by atoms with Crippen molar-refractivity contribution in [1.82, 2.24) is 0 Å². The Bertz CT molecular complexity index is 318. The molecule has 3 saturated carbocycles. The summed E-state index contributed by atoms with van der Waals surface area (Å²) < 4.78 is 3.45. The molecule has 16 heavy (non-hydrogen) atoms. The Hall–Kier alpha value is 2.19. The van der Waals surface area contributed by atoms with Gasteiger partial charge >= 0.3 is 0 Å². The van der Waals surface area contributed by atoms with Crippen LogP contribution in [0.15, 0.2) is 0 Å². The minimum Gasteiger partial charge on any atom is -0.0861 e. The van der Waals surface area contributed by atoms with Crippen LogP contribution in [0.4, 0.5) is 0 Å². The Labute approximate surface area is 140 Å². The summed E-state index contributed by atoms with van der Waals surface area (Å²) in [6.45, 7) is 2.61. The first-order valence-electron chi connectivity index (χ1n) is 6.35. The predicted molar refractivity (Wildman–Crippen MR) is 95.1 cm³/mol. The number of hydrogen-bond acceptors (Lipinski definition) is 0. The topological polar surface area (TPSA) is 0 Å². The Morgan fingerprint density at radius 2 is 1.94 bits per heavy atom. The molecule has 0 bridgehead atoms. The van der Waals surface area contributed by atoms with Gasteiger partial charge in [0.05, 0.1) is 0 Å². The molecular weight excluding hydrogens is 537 g/mol. The molecule has 0 saturated heterocycles. The second-order valence-electron chi connectivity index (χ2n) is 6.36. The molecule has 0 aromatic carbocycles. The molecule has 0 heterocycles. The van der Waals surface area contributed by atoms with E-state index in [0.717, 1.165) is 17.3 Å². The molecule has 3 fully saturated rings. The van der Waals surface area contributed by atoms with E-state index in [1.165, 1.54) is 41.0 Å². The summed E-state index contributed by atoms with van der Waals surface area (Å²) in [7, 11) is 0. The molecule has 5 unspecified atom stereocenters. The first kappa shape index (κ1) is 13.2. The van der Waals surface area contributed by atoms with E-state index in [2.05, 4.69) is 74.7 Å². The minimum absolute atomic E-state index is 0.643. The third kappa shape index (κ3) is 1.27. The van der Waals surface area contributed by atoms with Gasteiger partial charge in [0, 0.05) is 12.3 Å². The molecule has 0 aliphatic heterocycles. The average molecular weight is 556 g/mol. The van der Waals surface area contributed by atoms with Crippen molar-refractivity contribution in [2.45, 2.75) is 42.4 Å². The third-order valence-electron chi connectivity index (χ3n) is 6.01. The lowest BCUT2D eigenvalue weighted by atomic mass is 9.46. The smallest absolute Gasteiger partial charge is 0.0292 e. The van der Waals surface area contributed by atoms with Gasteiger partial charge in [0.1, 0.15) is 0 Å². The van der Waals surface area contributed by atoms with Gasteiger partial charge in [-0.15, -0.1) is 0 Å². The monoisotopic (exact) mass is 556 g/mol. The number of hydrogen-bond donors (Lipinski definition) is 0. The molecule has 0 radical (unpaired) electrons. The van der Waals surface area contributed by atoms with E-state index in [-0.39, 0.29) is 0 Å². The highest BCUT2D eigenvalue weighted by Gasteiger charge is 2.77. The summed E-state index contributed by atoms with van der Waals surface area (Å²) >= 11 is 8.18. The number of alkyl halides is 3. The lowest BCUT2D eigenvalue weighted by Crippen LogP contribution is -2.63. The van der Waals surface area contributed by atoms with Crippen molar-refractivity contribution in [3.8, 4) is 0 Å². The van der Waals surface area contributed by atoms with E-state index >= 15 is 0 Å². The molecule has 5 atom stereocenters. The maximum atomic E-state index is 2.87. The first-order valence-corrected chi connectivity index (χ1v) is 10.5. The van der Waals surface area contributed by atoms with Crippen LogP contribution in [-0.4, -0.2) is 12.3 Å². The molecule has 0 N–H and O–H groups in total. The molecule has 3 aliphatic carbocycles.